The van der Waals surface area contributed by atoms with E-state index in [0.717, 1.165) is 27.7 Å². The van der Waals surface area contributed by atoms with E-state index in [9.17, 15) is 4.79 Å². The standard InChI is InChI=1S/C19H19NO2/c1-3-22-18(21)13-16-15-11-7-8-12-17(15)20(2)19(16)14-9-5-4-6-10-14/h4-12H,3,13H2,1-2H3. The second-order valence-electron chi connectivity index (χ2n) is 5.25. The van der Waals surface area contributed by atoms with Crippen molar-refractivity contribution in [2.75, 3.05) is 6.61 Å². The van der Waals surface area contributed by atoms with E-state index in [-0.39, 0.29) is 5.97 Å². The van der Waals surface area contributed by atoms with E-state index >= 15 is 0 Å². The minimum atomic E-state index is -0.184. The van der Waals surface area contributed by atoms with Gasteiger partial charge in [0, 0.05) is 18.0 Å². The van der Waals surface area contributed by atoms with E-state index in [2.05, 4.69) is 28.8 Å². The van der Waals surface area contributed by atoms with Gasteiger partial charge in [-0.1, -0.05) is 48.5 Å². The van der Waals surface area contributed by atoms with Crippen LogP contribution in [0.4, 0.5) is 0 Å². The van der Waals surface area contributed by atoms with Gasteiger partial charge in [0.25, 0.3) is 0 Å². The second-order valence-corrected chi connectivity index (χ2v) is 5.25. The molecule has 0 aliphatic carbocycles. The maximum atomic E-state index is 12.0. The molecule has 1 aromatic heterocycles. The lowest BCUT2D eigenvalue weighted by molar-refractivity contribution is -0.142. The van der Waals surface area contributed by atoms with Crippen LogP contribution in [0.5, 0.6) is 0 Å². The van der Waals surface area contributed by atoms with Crippen LogP contribution >= 0.6 is 0 Å². The fraction of sp³-hybridized carbons (Fsp3) is 0.211. The first-order chi connectivity index (χ1) is 10.7. The van der Waals surface area contributed by atoms with E-state index in [1.165, 1.54) is 0 Å². The van der Waals surface area contributed by atoms with Gasteiger partial charge in [-0.25, -0.2) is 0 Å². The molecule has 22 heavy (non-hydrogen) atoms. The highest BCUT2D eigenvalue weighted by atomic mass is 16.5. The van der Waals surface area contributed by atoms with Crippen LogP contribution in [0.3, 0.4) is 0 Å². The summed E-state index contributed by atoms with van der Waals surface area (Å²) >= 11 is 0. The van der Waals surface area contributed by atoms with Crippen molar-refractivity contribution >= 4 is 16.9 Å². The third-order valence-electron chi connectivity index (χ3n) is 3.89. The zero-order valence-electron chi connectivity index (χ0n) is 12.9. The molecule has 112 valence electrons. The Hall–Kier alpha value is -2.55. The summed E-state index contributed by atoms with van der Waals surface area (Å²) in [7, 11) is 2.04. The summed E-state index contributed by atoms with van der Waals surface area (Å²) < 4.78 is 7.30. The fourth-order valence-electron chi connectivity index (χ4n) is 2.97. The Morgan fingerprint density at radius 2 is 1.73 bits per heavy atom. The van der Waals surface area contributed by atoms with Crippen LogP contribution in [0.1, 0.15) is 12.5 Å². The van der Waals surface area contributed by atoms with Crippen LogP contribution in [0, 0.1) is 0 Å². The molecule has 2 aromatic carbocycles. The van der Waals surface area contributed by atoms with Crippen molar-refractivity contribution in [2.45, 2.75) is 13.3 Å². The predicted molar refractivity (Wildman–Crippen MR) is 88.7 cm³/mol. The smallest absolute Gasteiger partial charge is 0.310 e. The van der Waals surface area contributed by atoms with Crippen molar-refractivity contribution in [3.8, 4) is 11.3 Å². The van der Waals surface area contributed by atoms with Gasteiger partial charge >= 0.3 is 5.97 Å². The number of rotatable bonds is 4. The molecule has 3 aromatic rings. The fourth-order valence-corrected chi connectivity index (χ4v) is 2.97. The first-order valence-corrected chi connectivity index (χ1v) is 7.49. The Morgan fingerprint density at radius 1 is 1.05 bits per heavy atom. The summed E-state index contributed by atoms with van der Waals surface area (Å²) in [4.78, 5) is 12.0. The molecule has 0 aliphatic rings. The Bertz CT molecular complexity index is 803. The lowest BCUT2D eigenvalue weighted by Gasteiger charge is -2.08. The third kappa shape index (κ3) is 2.50. The topological polar surface area (TPSA) is 31.2 Å². The SMILES string of the molecule is CCOC(=O)Cc1c(-c2ccccc2)n(C)c2ccccc12. The molecule has 0 unspecified atom stereocenters. The summed E-state index contributed by atoms with van der Waals surface area (Å²) in [5, 5.41) is 1.11. The Balaban J connectivity index is 2.21. The molecule has 0 saturated carbocycles. The number of hydrogen-bond acceptors (Lipinski definition) is 2. The minimum Gasteiger partial charge on any atom is -0.466 e. The summed E-state index contributed by atoms with van der Waals surface area (Å²) in [5.41, 5.74) is 4.35. The first kappa shape index (κ1) is 14.4. The number of aryl methyl sites for hydroxylation is 1. The van der Waals surface area contributed by atoms with Gasteiger partial charge in [0.1, 0.15) is 0 Å². The highest BCUT2D eigenvalue weighted by Crippen LogP contribution is 2.33. The Morgan fingerprint density at radius 3 is 2.45 bits per heavy atom. The van der Waals surface area contributed by atoms with Crippen molar-refractivity contribution in [3.05, 3.63) is 60.2 Å². The van der Waals surface area contributed by atoms with Gasteiger partial charge in [-0.05, 0) is 24.1 Å². The number of carbonyl (C=O) groups excluding carboxylic acids is 1. The molecule has 3 nitrogen and oxygen atoms in total. The van der Waals surface area contributed by atoms with Crippen LogP contribution in [0.15, 0.2) is 54.6 Å². The minimum absolute atomic E-state index is 0.184. The predicted octanol–water partition coefficient (Wildman–Crippen LogP) is 3.95. The molecule has 0 saturated heterocycles. The number of benzene rings is 2. The van der Waals surface area contributed by atoms with Crippen LogP contribution < -0.4 is 0 Å². The highest BCUT2D eigenvalue weighted by molar-refractivity contribution is 5.95. The van der Waals surface area contributed by atoms with Gasteiger partial charge in [0.05, 0.1) is 18.7 Å². The number of para-hydroxylation sites is 1. The Labute approximate surface area is 130 Å². The molecule has 0 fully saturated rings. The maximum Gasteiger partial charge on any atom is 0.310 e. The molecule has 0 amide bonds. The average Bonchev–Trinajstić information content (AvgIpc) is 2.81. The molecule has 3 rings (SSSR count). The summed E-state index contributed by atoms with van der Waals surface area (Å²) in [6.07, 6.45) is 0.291. The van der Waals surface area contributed by atoms with Crippen LogP contribution in [0.2, 0.25) is 0 Å². The average molecular weight is 293 g/mol. The zero-order valence-corrected chi connectivity index (χ0v) is 12.9. The van der Waals surface area contributed by atoms with E-state index < -0.39 is 0 Å². The number of ether oxygens (including phenoxy) is 1. The molecule has 0 bridgehead atoms. The molecule has 0 aliphatic heterocycles. The molecule has 0 N–H and O–H groups in total. The molecule has 1 heterocycles. The van der Waals surface area contributed by atoms with Gasteiger partial charge in [-0.3, -0.25) is 4.79 Å². The van der Waals surface area contributed by atoms with Crippen molar-refractivity contribution in [3.63, 3.8) is 0 Å². The lowest BCUT2D eigenvalue weighted by atomic mass is 10.0. The summed E-state index contributed by atoms with van der Waals surface area (Å²) in [5.74, 6) is -0.184. The summed E-state index contributed by atoms with van der Waals surface area (Å²) in [6.45, 7) is 2.24. The third-order valence-corrected chi connectivity index (χ3v) is 3.89. The van der Waals surface area contributed by atoms with Gasteiger partial charge in [-0.2, -0.15) is 0 Å². The number of hydrogen-bond donors (Lipinski definition) is 0. The van der Waals surface area contributed by atoms with Gasteiger partial charge < -0.3 is 9.30 Å². The van der Waals surface area contributed by atoms with Gasteiger partial charge in [0.15, 0.2) is 0 Å². The molecule has 0 spiro atoms. The summed E-state index contributed by atoms with van der Waals surface area (Å²) in [6, 6.07) is 18.3. The quantitative estimate of drug-likeness (QED) is 0.682. The monoisotopic (exact) mass is 293 g/mol. The van der Waals surface area contributed by atoms with E-state index in [0.29, 0.717) is 13.0 Å². The van der Waals surface area contributed by atoms with Crippen LogP contribution in [-0.4, -0.2) is 17.1 Å². The number of aromatic nitrogens is 1. The zero-order chi connectivity index (χ0) is 15.5. The van der Waals surface area contributed by atoms with Crippen molar-refractivity contribution in [1.29, 1.82) is 0 Å². The van der Waals surface area contributed by atoms with Crippen LogP contribution in [-0.2, 0) is 23.0 Å². The van der Waals surface area contributed by atoms with Crippen LogP contribution in [0.25, 0.3) is 22.2 Å². The van der Waals surface area contributed by atoms with E-state index in [4.69, 9.17) is 4.74 Å². The van der Waals surface area contributed by atoms with Crippen molar-refractivity contribution < 1.29 is 9.53 Å². The number of fused-ring (bicyclic) bond motifs is 1. The lowest BCUT2D eigenvalue weighted by Crippen LogP contribution is -2.08. The first-order valence-electron chi connectivity index (χ1n) is 7.49. The number of nitrogens with zero attached hydrogens (tertiary/aromatic N) is 1. The second kappa shape index (κ2) is 6.06. The normalized spacial score (nSPS) is 10.8. The molecular weight excluding hydrogens is 274 g/mol. The van der Waals surface area contributed by atoms with E-state index in [1.54, 1.807) is 0 Å². The van der Waals surface area contributed by atoms with Crippen molar-refractivity contribution in [2.24, 2.45) is 7.05 Å². The molecule has 0 atom stereocenters. The maximum absolute atomic E-state index is 12.0. The molecule has 3 heteroatoms. The van der Waals surface area contributed by atoms with E-state index in [1.807, 2.05) is 44.3 Å². The largest absolute Gasteiger partial charge is 0.466 e. The number of esters is 1. The Kier molecular flexibility index (Phi) is 3.96. The molecule has 0 radical (unpaired) electrons. The number of carbonyl (C=O) groups is 1. The molecular formula is C19H19NO2. The van der Waals surface area contributed by atoms with Gasteiger partial charge in [-0.15, -0.1) is 0 Å². The van der Waals surface area contributed by atoms with Crippen molar-refractivity contribution in [1.82, 2.24) is 4.57 Å². The highest BCUT2D eigenvalue weighted by Gasteiger charge is 2.19. The van der Waals surface area contributed by atoms with Gasteiger partial charge in [0.2, 0.25) is 0 Å².